The monoisotopic (exact) mass is 652 g/mol. The third-order valence-corrected chi connectivity index (χ3v) is 8.80. The van der Waals surface area contributed by atoms with E-state index in [1.54, 1.807) is 12.1 Å². The molecule has 2 aromatic heterocycles. The first-order chi connectivity index (χ1) is 20.1. The van der Waals surface area contributed by atoms with Crippen molar-refractivity contribution in [2.75, 3.05) is 17.2 Å². The molecule has 0 aliphatic carbocycles. The molecule has 0 radical (unpaired) electrons. The summed E-state index contributed by atoms with van der Waals surface area (Å²) in [5.41, 5.74) is 5.49. The Labute approximate surface area is 252 Å². The largest absolute Gasteiger partial charge is 0.480 e. The number of fused-ring (bicyclic) bond motifs is 1. The number of halogens is 1. The number of nitrogen functional groups attached to an aromatic ring is 1. The average molecular weight is 653 g/mol. The molecule has 0 saturated carbocycles. The first kappa shape index (κ1) is 29.2. The molecule has 1 fully saturated rings. The lowest BCUT2D eigenvalue weighted by molar-refractivity contribution is -0.150. The number of β-lactam (4-membered cyclic amide) rings is 1. The highest BCUT2D eigenvalue weighted by atomic mass is 35.5. The molecule has 42 heavy (non-hydrogen) atoms. The number of carboxylic acids is 2. The number of amides is 2. The number of tetrazole rings is 1. The summed E-state index contributed by atoms with van der Waals surface area (Å²) >= 11 is 8.98. The summed E-state index contributed by atoms with van der Waals surface area (Å²) in [7, 11) is 0. The van der Waals surface area contributed by atoms with Gasteiger partial charge in [0.05, 0.1) is 0 Å². The molecule has 21 heteroatoms. The Morgan fingerprint density at radius 3 is 2.69 bits per heavy atom. The molecule has 5 rings (SSSR count). The van der Waals surface area contributed by atoms with Crippen LogP contribution in [-0.2, 0) is 25.7 Å². The second-order valence-corrected chi connectivity index (χ2v) is 11.6. The van der Waals surface area contributed by atoms with Gasteiger partial charge in [-0.1, -0.05) is 28.5 Å². The van der Waals surface area contributed by atoms with E-state index in [1.165, 1.54) is 23.9 Å². The molecule has 1 saturated heterocycles. The number of rotatable bonds is 11. The van der Waals surface area contributed by atoms with Crippen LogP contribution in [0.3, 0.4) is 0 Å². The van der Waals surface area contributed by atoms with Gasteiger partial charge in [0.25, 0.3) is 11.8 Å². The van der Waals surface area contributed by atoms with Gasteiger partial charge in [0, 0.05) is 28.1 Å². The molecule has 17 nitrogen and oxygen atoms in total. The third kappa shape index (κ3) is 6.15. The first-order valence-corrected chi connectivity index (χ1v) is 14.7. The van der Waals surface area contributed by atoms with Crippen LogP contribution in [0.5, 0.6) is 5.75 Å². The summed E-state index contributed by atoms with van der Waals surface area (Å²) in [5.74, 6) is -3.55. The molecule has 2 aliphatic heterocycles. The van der Waals surface area contributed by atoms with Gasteiger partial charge in [-0.15, -0.1) is 16.9 Å². The lowest BCUT2D eigenvalue weighted by Crippen LogP contribution is -2.71. The second kappa shape index (κ2) is 12.3. The molecule has 2 aliphatic rings. The van der Waals surface area contributed by atoms with E-state index >= 15 is 0 Å². The van der Waals surface area contributed by atoms with Gasteiger partial charge in [-0.25, -0.2) is 9.48 Å². The SMILES string of the molecule is Nc1nc(C(=NOc2ccc(Cl)cc2)C(=O)NC2C(=O)N3C(C(=O)O)=C(CSc4nnnn4CC(=O)O)CS[C@H]23)ns1. The number of aromatic nitrogens is 6. The molecule has 3 aromatic rings. The minimum atomic E-state index is -1.33. The zero-order valence-corrected chi connectivity index (χ0v) is 24.0. The number of benzene rings is 1. The quantitative estimate of drug-likeness (QED) is 0.0933. The standard InChI is InChI=1S/C21H17ClN10O7S3/c22-9-1-3-10(4-2-9)39-27-12(15-25-20(23)42-28-15)16(35)24-13-17(36)32-14(19(37)38)8(6-40-18(13)32)7-41-21-26-29-30-31(21)5-11(33)34/h1-4,13,18H,5-7H2,(H,24,35)(H,33,34)(H,37,38)(H2,23,25,28)/t13?,18-/m1/s1. The molecular weight excluding hydrogens is 636 g/mol. The van der Waals surface area contributed by atoms with Crippen LogP contribution < -0.4 is 15.9 Å². The van der Waals surface area contributed by atoms with E-state index in [9.17, 15) is 24.3 Å². The minimum Gasteiger partial charge on any atom is -0.480 e. The van der Waals surface area contributed by atoms with Crippen LogP contribution in [-0.4, -0.2) is 97.1 Å². The van der Waals surface area contributed by atoms with Crippen molar-refractivity contribution in [1.82, 2.24) is 39.8 Å². The van der Waals surface area contributed by atoms with E-state index in [4.69, 9.17) is 27.3 Å². The maximum atomic E-state index is 13.2. The molecular formula is C21H17ClN10O7S3. The number of carbonyl (C=O) groups excluding carboxylic acids is 2. The van der Waals surface area contributed by atoms with E-state index in [-0.39, 0.29) is 44.8 Å². The number of anilines is 1. The van der Waals surface area contributed by atoms with Crippen molar-refractivity contribution in [3.8, 4) is 5.75 Å². The predicted octanol–water partition coefficient (Wildman–Crippen LogP) is 0.159. The molecule has 2 atom stereocenters. The van der Waals surface area contributed by atoms with Crippen LogP contribution in [0.2, 0.25) is 5.02 Å². The maximum absolute atomic E-state index is 13.2. The Morgan fingerprint density at radius 1 is 1.26 bits per heavy atom. The van der Waals surface area contributed by atoms with E-state index in [2.05, 4.69) is 35.4 Å². The summed E-state index contributed by atoms with van der Waals surface area (Å²) in [6.07, 6.45) is 0. The Balaban J connectivity index is 1.31. The molecule has 2 amide bonds. The highest BCUT2D eigenvalue weighted by molar-refractivity contribution is 8.01. The first-order valence-electron chi connectivity index (χ1n) is 11.5. The Bertz CT molecular complexity index is 1630. The van der Waals surface area contributed by atoms with Crippen molar-refractivity contribution < 1.29 is 34.2 Å². The topological polar surface area (TPSA) is 241 Å². The smallest absolute Gasteiger partial charge is 0.352 e. The number of nitrogens with one attached hydrogen (secondary N) is 1. The lowest BCUT2D eigenvalue weighted by Gasteiger charge is -2.49. The number of aliphatic carboxylic acids is 2. The van der Waals surface area contributed by atoms with Gasteiger partial charge in [-0.2, -0.15) is 9.36 Å². The Hall–Kier alpha value is -4.27. The van der Waals surface area contributed by atoms with Gasteiger partial charge in [0.15, 0.2) is 10.9 Å². The fourth-order valence-electron chi connectivity index (χ4n) is 3.79. The van der Waals surface area contributed by atoms with Gasteiger partial charge in [-0.3, -0.25) is 19.3 Å². The maximum Gasteiger partial charge on any atom is 0.352 e. The summed E-state index contributed by atoms with van der Waals surface area (Å²) in [5, 5.41) is 36.2. The van der Waals surface area contributed by atoms with E-state index < -0.39 is 41.7 Å². The fraction of sp³-hybridized carbons (Fsp3) is 0.238. The van der Waals surface area contributed by atoms with Gasteiger partial charge < -0.3 is 26.1 Å². The van der Waals surface area contributed by atoms with Gasteiger partial charge in [-0.05, 0) is 40.3 Å². The van der Waals surface area contributed by atoms with Gasteiger partial charge in [0.1, 0.15) is 23.7 Å². The molecule has 5 N–H and O–H groups in total. The Morgan fingerprint density at radius 2 is 2.02 bits per heavy atom. The van der Waals surface area contributed by atoms with E-state index in [0.717, 1.165) is 32.9 Å². The number of oxime groups is 1. The molecule has 1 unspecified atom stereocenters. The number of hydrogen-bond donors (Lipinski definition) is 4. The van der Waals surface area contributed by atoms with Crippen LogP contribution in [0.25, 0.3) is 0 Å². The van der Waals surface area contributed by atoms with Crippen molar-refractivity contribution in [2.45, 2.75) is 23.1 Å². The van der Waals surface area contributed by atoms with Crippen molar-refractivity contribution in [3.63, 3.8) is 0 Å². The predicted molar refractivity (Wildman–Crippen MR) is 149 cm³/mol. The molecule has 1 aromatic carbocycles. The van der Waals surface area contributed by atoms with Crippen molar-refractivity contribution in [2.24, 2.45) is 5.16 Å². The normalized spacial score (nSPS) is 18.4. The Kier molecular flexibility index (Phi) is 8.56. The van der Waals surface area contributed by atoms with Gasteiger partial charge >= 0.3 is 11.9 Å². The molecule has 218 valence electrons. The summed E-state index contributed by atoms with van der Waals surface area (Å²) in [4.78, 5) is 60.0. The number of carboxylic acid groups (broad SMARTS) is 2. The molecule has 0 spiro atoms. The van der Waals surface area contributed by atoms with Crippen molar-refractivity contribution >= 4 is 81.3 Å². The summed E-state index contributed by atoms with van der Waals surface area (Å²) < 4.78 is 5.06. The number of nitrogens with two attached hydrogens (primary N) is 1. The number of nitrogens with zero attached hydrogens (tertiary/aromatic N) is 8. The summed E-state index contributed by atoms with van der Waals surface area (Å²) in [6, 6.07) is 5.10. The second-order valence-electron chi connectivity index (χ2n) is 8.36. The van der Waals surface area contributed by atoms with Crippen LogP contribution >= 0.6 is 46.7 Å². The minimum absolute atomic E-state index is 0.0735. The number of thioether (sulfide) groups is 2. The fourth-order valence-corrected chi connectivity index (χ4v) is 6.71. The van der Waals surface area contributed by atoms with Crippen LogP contribution in [0, 0.1) is 0 Å². The van der Waals surface area contributed by atoms with Crippen LogP contribution in [0.15, 0.2) is 45.8 Å². The zero-order valence-electron chi connectivity index (χ0n) is 20.8. The molecule has 4 heterocycles. The van der Waals surface area contributed by atoms with E-state index in [1.807, 2.05) is 0 Å². The average Bonchev–Trinajstić information content (AvgIpc) is 3.58. The molecule has 0 bridgehead atoms. The van der Waals surface area contributed by atoms with Gasteiger partial charge in [0.2, 0.25) is 16.7 Å². The number of hydrogen-bond acceptors (Lipinski definition) is 15. The summed E-state index contributed by atoms with van der Waals surface area (Å²) in [6.45, 7) is -0.470. The van der Waals surface area contributed by atoms with Crippen molar-refractivity contribution in [1.29, 1.82) is 0 Å². The third-order valence-electron chi connectivity index (χ3n) is 5.62. The van der Waals surface area contributed by atoms with Crippen molar-refractivity contribution in [3.05, 3.63) is 46.4 Å². The number of carbonyl (C=O) groups is 4. The highest BCUT2D eigenvalue weighted by Gasteiger charge is 2.54. The van der Waals surface area contributed by atoms with E-state index in [0.29, 0.717) is 10.6 Å². The lowest BCUT2D eigenvalue weighted by atomic mass is 10.0. The van der Waals surface area contributed by atoms with Crippen LogP contribution in [0.1, 0.15) is 5.82 Å². The van der Waals surface area contributed by atoms with Crippen LogP contribution in [0.4, 0.5) is 5.13 Å². The zero-order chi connectivity index (χ0) is 30.0. The highest BCUT2D eigenvalue weighted by Crippen LogP contribution is 2.41.